The summed E-state index contributed by atoms with van der Waals surface area (Å²) in [5.74, 6) is 0.762. The molecule has 0 amide bonds. The Kier molecular flexibility index (Phi) is 4.90. The van der Waals surface area contributed by atoms with E-state index in [2.05, 4.69) is 15.0 Å². The number of hydrogen-bond acceptors (Lipinski definition) is 4. The third-order valence-corrected chi connectivity index (χ3v) is 3.15. The van der Waals surface area contributed by atoms with Crippen molar-refractivity contribution >= 4 is 5.97 Å². The van der Waals surface area contributed by atoms with Crippen molar-refractivity contribution in [2.45, 2.75) is 13.0 Å². The molecule has 0 atom stereocenters. The summed E-state index contributed by atoms with van der Waals surface area (Å²) in [7, 11) is 3.38. The molecule has 0 fully saturated rings. The molecule has 0 aliphatic rings. The Morgan fingerprint density at radius 3 is 2.70 bits per heavy atom. The zero-order valence-corrected chi connectivity index (χ0v) is 11.8. The molecule has 0 spiro atoms. The molecular formula is C15H19N3O2. The van der Waals surface area contributed by atoms with Crippen LogP contribution in [0.4, 0.5) is 0 Å². The molecule has 0 radical (unpaired) electrons. The first-order valence-corrected chi connectivity index (χ1v) is 6.55. The van der Waals surface area contributed by atoms with Crippen molar-refractivity contribution in [3.05, 3.63) is 53.6 Å². The second-order valence-electron chi connectivity index (χ2n) is 4.57. The smallest absolute Gasteiger partial charge is 0.337 e. The van der Waals surface area contributed by atoms with E-state index in [4.69, 9.17) is 0 Å². The average Bonchev–Trinajstić information content (AvgIpc) is 2.89. The van der Waals surface area contributed by atoms with E-state index in [0.29, 0.717) is 5.56 Å². The normalized spacial score (nSPS) is 10.5. The molecule has 0 aliphatic heterocycles. The van der Waals surface area contributed by atoms with Crippen molar-refractivity contribution in [3.63, 3.8) is 0 Å². The van der Waals surface area contributed by atoms with Crippen LogP contribution in [-0.4, -0.2) is 29.2 Å². The summed E-state index contributed by atoms with van der Waals surface area (Å²) in [5, 5.41) is 3.36. The predicted molar refractivity (Wildman–Crippen MR) is 76.4 cm³/mol. The van der Waals surface area contributed by atoms with E-state index in [1.807, 2.05) is 29.9 Å². The molecule has 20 heavy (non-hydrogen) atoms. The molecule has 1 N–H and O–H groups in total. The lowest BCUT2D eigenvalue weighted by molar-refractivity contribution is 0.0600. The third-order valence-electron chi connectivity index (χ3n) is 3.15. The van der Waals surface area contributed by atoms with Crippen LogP contribution in [0.3, 0.4) is 0 Å². The molecule has 0 aliphatic carbocycles. The Morgan fingerprint density at radius 1 is 1.35 bits per heavy atom. The maximum Gasteiger partial charge on any atom is 0.337 e. The molecule has 1 heterocycles. The Bertz CT molecular complexity index is 561. The number of ether oxygens (including phenoxy) is 1. The number of hydrogen-bond donors (Lipinski definition) is 1. The van der Waals surface area contributed by atoms with Gasteiger partial charge in [-0.3, -0.25) is 0 Å². The van der Waals surface area contributed by atoms with Crippen LogP contribution in [0.5, 0.6) is 0 Å². The van der Waals surface area contributed by atoms with Crippen molar-refractivity contribution in [2.24, 2.45) is 7.05 Å². The van der Waals surface area contributed by atoms with E-state index in [9.17, 15) is 4.79 Å². The fraction of sp³-hybridized carbons (Fsp3) is 0.333. The highest BCUT2D eigenvalue weighted by Crippen LogP contribution is 2.05. The molecule has 5 nitrogen and oxygen atoms in total. The van der Waals surface area contributed by atoms with Crippen LogP contribution in [0.2, 0.25) is 0 Å². The molecule has 0 saturated carbocycles. The molecule has 1 aromatic carbocycles. The molecule has 0 saturated heterocycles. The van der Waals surface area contributed by atoms with Gasteiger partial charge in [-0.1, -0.05) is 12.1 Å². The number of carbonyl (C=O) groups excluding carboxylic acids is 1. The number of methoxy groups -OCH3 is 1. The quantitative estimate of drug-likeness (QED) is 0.641. The summed E-state index contributed by atoms with van der Waals surface area (Å²) in [4.78, 5) is 15.6. The summed E-state index contributed by atoms with van der Waals surface area (Å²) < 4.78 is 6.68. The van der Waals surface area contributed by atoms with Crippen LogP contribution < -0.4 is 5.32 Å². The highest BCUT2D eigenvalue weighted by molar-refractivity contribution is 5.89. The molecule has 0 bridgehead atoms. The number of esters is 1. The standard InChI is InChI=1S/C15H19N3O2/c1-18-10-9-17-14(18)7-8-16-11-12-3-5-13(6-4-12)15(19)20-2/h3-6,9-10,16H,7-8,11H2,1-2H3. The summed E-state index contributed by atoms with van der Waals surface area (Å²) in [6.07, 6.45) is 4.64. The van der Waals surface area contributed by atoms with Gasteiger partial charge in [0.2, 0.25) is 0 Å². The highest BCUT2D eigenvalue weighted by Gasteiger charge is 2.04. The molecule has 106 valence electrons. The first-order valence-electron chi connectivity index (χ1n) is 6.55. The number of imidazole rings is 1. The van der Waals surface area contributed by atoms with Crippen molar-refractivity contribution in [3.8, 4) is 0 Å². The number of nitrogens with one attached hydrogen (secondary N) is 1. The molecular weight excluding hydrogens is 254 g/mol. The second kappa shape index (κ2) is 6.86. The van der Waals surface area contributed by atoms with Gasteiger partial charge in [-0.15, -0.1) is 0 Å². The highest BCUT2D eigenvalue weighted by atomic mass is 16.5. The maximum atomic E-state index is 11.3. The Hall–Kier alpha value is -2.14. The first-order chi connectivity index (χ1) is 9.70. The van der Waals surface area contributed by atoms with Gasteiger partial charge in [-0.05, 0) is 17.7 Å². The van der Waals surface area contributed by atoms with E-state index in [-0.39, 0.29) is 5.97 Å². The minimum absolute atomic E-state index is 0.306. The Balaban J connectivity index is 1.77. The van der Waals surface area contributed by atoms with Crippen molar-refractivity contribution in [1.82, 2.24) is 14.9 Å². The summed E-state index contributed by atoms with van der Waals surface area (Å²) in [6, 6.07) is 7.42. The monoisotopic (exact) mass is 273 g/mol. The average molecular weight is 273 g/mol. The number of aryl methyl sites for hydroxylation is 1. The SMILES string of the molecule is COC(=O)c1ccc(CNCCc2nccn2C)cc1. The van der Waals surface area contributed by atoms with Crippen LogP contribution >= 0.6 is 0 Å². The van der Waals surface area contributed by atoms with Gasteiger partial charge in [0, 0.05) is 39.0 Å². The number of nitrogens with zero attached hydrogens (tertiary/aromatic N) is 2. The molecule has 1 aromatic heterocycles. The number of aromatic nitrogens is 2. The summed E-state index contributed by atoms with van der Waals surface area (Å²) >= 11 is 0. The lowest BCUT2D eigenvalue weighted by atomic mass is 10.1. The number of rotatable bonds is 6. The van der Waals surface area contributed by atoms with Gasteiger partial charge in [-0.25, -0.2) is 9.78 Å². The summed E-state index contributed by atoms with van der Waals surface area (Å²) in [5.41, 5.74) is 1.71. The number of benzene rings is 1. The zero-order valence-electron chi connectivity index (χ0n) is 11.8. The van der Waals surface area contributed by atoms with Gasteiger partial charge in [0.05, 0.1) is 12.7 Å². The molecule has 5 heteroatoms. The minimum Gasteiger partial charge on any atom is -0.465 e. The third kappa shape index (κ3) is 3.68. The van der Waals surface area contributed by atoms with E-state index in [1.165, 1.54) is 7.11 Å². The van der Waals surface area contributed by atoms with Gasteiger partial charge in [-0.2, -0.15) is 0 Å². The topological polar surface area (TPSA) is 56.1 Å². The van der Waals surface area contributed by atoms with Crippen LogP contribution in [0.15, 0.2) is 36.7 Å². The largest absolute Gasteiger partial charge is 0.465 e. The molecule has 2 aromatic rings. The van der Waals surface area contributed by atoms with Crippen LogP contribution in [-0.2, 0) is 24.8 Å². The van der Waals surface area contributed by atoms with Crippen molar-refractivity contribution in [2.75, 3.05) is 13.7 Å². The lowest BCUT2D eigenvalue weighted by Gasteiger charge is -2.06. The van der Waals surface area contributed by atoms with E-state index >= 15 is 0 Å². The van der Waals surface area contributed by atoms with Crippen LogP contribution in [0.1, 0.15) is 21.7 Å². The zero-order chi connectivity index (χ0) is 14.4. The van der Waals surface area contributed by atoms with Gasteiger partial charge in [0.1, 0.15) is 5.82 Å². The maximum absolute atomic E-state index is 11.3. The predicted octanol–water partition coefficient (Wildman–Crippen LogP) is 1.54. The molecule has 0 unspecified atom stereocenters. The van der Waals surface area contributed by atoms with Gasteiger partial charge < -0.3 is 14.6 Å². The van der Waals surface area contributed by atoms with Gasteiger partial charge >= 0.3 is 5.97 Å². The first kappa shape index (κ1) is 14.3. The second-order valence-corrected chi connectivity index (χ2v) is 4.57. The Morgan fingerprint density at radius 2 is 2.10 bits per heavy atom. The summed E-state index contributed by atoms with van der Waals surface area (Å²) in [6.45, 7) is 1.63. The molecule has 2 rings (SSSR count). The van der Waals surface area contributed by atoms with Crippen LogP contribution in [0.25, 0.3) is 0 Å². The fourth-order valence-corrected chi connectivity index (χ4v) is 1.95. The minimum atomic E-state index is -0.306. The van der Waals surface area contributed by atoms with E-state index < -0.39 is 0 Å². The Labute approximate surface area is 118 Å². The van der Waals surface area contributed by atoms with Crippen LogP contribution in [0, 0.1) is 0 Å². The van der Waals surface area contributed by atoms with Gasteiger partial charge in [0.25, 0.3) is 0 Å². The number of carbonyl (C=O) groups is 1. The van der Waals surface area contributed by atoms with Gasteiger partial charge in [0.15, 0.2) is 0 Å². The van der Waals surface area contributed by atoms with Crippen molar-refractivity contribution < 1.29 is 9.53 Å². The lowest BCUT2D eigenvalue weighted by Crippen LogP contribution is -2.18. The fourth-order valence-electron chi connectivity index (χ4n) is 1.95. The van der Waals surface area contributed by atoms with E-state index in [1.54, 1.807) is 18.3 Å². The van der Waals surface area contributed by atoms with E-state index in [0.717, 1.165) is 30.9 Å². The van der Waals surface area contributed by atoms with Crippen molar-refractivity contribution in [1.29, 1.82) is 0 Å².